The summed E-state index contributed by atoms with van der Waals surface area (Å²) >= 11 is 0. The molecule has 4 rings (SSSR count). The Balaban J connectivity index is 1.37. The second-order valence-corrected chi connectivity index (χ2v) is 6.78. The molecule has 0 unspecified atom stereocenters. The van der Waals surface area contributed by atoms with Gasteiger partial charge in [0.25, 0.3) is 11.8 Å². The van der Waals surface area contributed by atoms with Crippen LogP contribution in [0.4, 0.5) is 0 Å². The number of carbonyl (C=O) groups is 2. The van der Waals surface area contributed by atoms with Crippen LogP contribution in [-0.2, 0) is 9.63 Å². The van der Waals surface area contributed by atoms with Gasteiger partial charge in [0.2, 0.25) is 0 Å². The fourth-order valence-electron chi connectivity index (χ4n) is 3.35. The van der Waals surface area contributed by atoms with Crippen molar-refractivity contribution in [2.75, 3.05) is 13.1 Å². The molecule has 1 aliphatic carbocycles. The minimum Gasteiger partial charge on any atom is -0.386 e. The molecular formula is C17H20N4O3. The van der Waals surface area contributed by atoms with Gasteiger partial charge in [-0.25, -0.2) is 0 Å². The number of aromatic nitrogens is 1. The molecule has 1 atom stereocenters. The van der Waals surface area contributed by atoms with E-state index in [0.717, 1.165) is 12.8 Å². The summed E-state index contributed by atoms with van der Waals surface area (Å²) in [5.74, 6) is -0.241. The molecule has 7 nitrogen and oxygen atoms in total. The molecule has 1 aromatic rings. The smallest absolute Gasteiger partial charge is 0.272 e. The first-order valence-electron chi connectivity index (χ1n) is 8.41. The molecule has 7 heteroatoms. The third-order valence-corrected chi connectivity index (χ3v) is 5.03. The van der Waals surface area contributed by atoms with E-state index in [4.69, 9.17) is 4.84 Å². The summed E-state index contributed by atoms with van der Waals surface area (Å²) in [6, 6.07) is 5.56. The number of hydrogen-bond donors (Lipinski definition) is 1. The van der Waals surface area contributed by atoms with Crippen molar-refractivity contribution in [1.82, 2.24) is 15.2 Å². The molecule has 2 fully saturated rings. The molecule has 1 N–H and O–H groups in total. The van der Waals surface area contributed by atoms with Gasteiger partial charge < -0.3 is 15.1 Å². The summed E-state index contributed by atoms with van der Waals surface area (Å²) in [7, 11) is 0. The summed E-state index contributed by atoms with van der Waals surface area (Å²) in [5.41, 5.74) is 0.307. The van der Waals surface area contributed by atoms with Crippen molar-refractivity contribution >= 4 is 17.5 Å². The van der Waals surface area contributed by atoms with Crippen LogP contribution < -0.4 is 5.32 Å². The minimum atomic E-state index is -0.559. The van der Waals surface area contributed by atoms with E-state index in [9.17, 15) is 9.59 Å². The van der Waals surface area contributed by atoms with E-state index in [1.54, 1.807) is 29.3 Å². The van der Waals surface area contributed by atoms with Gasteiger partial charge in [-0.2, -0.15) is 0 Å². The van der Waals surface area contributed by atoms with Crippen molar-refractivity contribution in [3.63, 3.8) is 0 Å². The van der Waals surface area contributed by atoms with E-state index >= 15 is 0 Å². The van der Waals surface area contributed by atoms with E-state index in [1.165, 1.54) is 6.42 Å². The van der Waals surface area contributed by atoms with E-state index in [1.807, 2.05) is 0 Å². The zero-order valence-corrected chi connectivity index (χ0v) is 13.4. The van der Waals surface area contributed by atoms with Gasteiger partial charge in [0, 0.05) is 31.6 Å². The summed E-state index contributed by atoms with van der Waals surface area (Å²) < 4.78 is 0. The van der Waals surface area contributed by atoms with E-state index in [2.05, 4.69) is 15.5 Å². The third-order valence-electron chi connectivity index (χ3n) is 5.03. The van der Waals surface area contributed by atoms with Gasteiger partial charge in [-0.15, -0.1) is 0 Å². The van der Waals surface area contributed by atoms with Gasteiger partial charge in [-0.05, 0) is 31.4 Å². The average molecular weight is 328 g/mol. The lowest BCUT2D eigenvalue weighted by atomic mass is 9.92. The van der Waals surface area contributed by atoms with Gasteiger partial charge in [0.1, 0.15) is 11.4 Å². The number of rotatable bonds is 3. The lowest BCUT2D eigenvalue weighted by molar-refractivity contribution is -0.116. The number of oxime groups is 1. The third kappa shape index (κ3) is 2.74. The fourth-order valence-corrected chi connectivity index (χ4v) is 3.35. The zero-order chi connectivity index (χ0) is 16.6. The molecule has 24 heavy (non-hydrogen) atoms. The van der Waals surface area contributed by atoms with Gasteiger partial charge in [-0.1, -0.05) is 11.2 Å². The normalized spacial score (nSPS) is 26.0. The van der Waals surface area contributed by atoms with Gasteiger partial charge >= 0.3 is 0 Å². The van der Waals surface area contributed by atoms with Gasteiger partial charge in [0.15, 0.2) is 5.60 Å². The standard InChI is InChI=1S/C17H20N4O3/c22-15(19-12-4-3-5-12)14-10-17(24-20-14)7-9-21(11-17)16(23)13-6-1-2-8-18-13/h1-2,6,8,12H,3-5,7,9-11H2,(H,19,22)/t17-/m1/s1. The Morgan fingerprint density at radius 1 is 1.33 bits per heavy atom. The number of nitrogens with one attached hydrogen (secondary N) is 1. The maximum Gasteiger partial charge on any atom is 0.272 e. The maximum atomic E-state index is 12.5. The molecule has 1 aromatic heterocycles. The minimum absolute atomic E-state index is 0.108. The topological polar surface area (TPSA) is 83.9 Å². The largest absolute Gasteiger partial charge is 0.386 e. The Morgan fingerprint density at radius 2 is 2.21 bits per heavy atom. The number of pyridine rings is 1. The van der Waals surface area contributed by atoms with Crippen LogP contribution >= 0.6 is 0 Å². The van der Waals surface area contributed by atoms with Crippen molar-refractivity contribution in [3.05, 3.63) is 30.1 Å². The van der Waals surface area contributed by atoms with Crippen LogP contribution in [-0.4, -0.2) is 52.1 Å². The van der Waals surface area contributed by atoms with Crippen LogP contribution in [0.3, 0.4) is 0 Å². The summed E-state index contributed by atoms with van der Waals surface area (Å²) in [6.07, 6.45) is 5.99. The molecule has 1 saturated carbocycles. The second kappa shape index (κ2) is 5.89. The molecule has 2 aliphatic heterocycles. The fraction of sp³-hybridized carbons (Fsp3) is 0.529. The molecule has 2 amide bonds. The highest BCUT2D eigenvalue weighted by Crippen LogP contribution is 2.34. The highest BCUT2D eigenvalue weighted by atomic mass is 16.7. The molecule has 1 saturated heterocycles. The molecule has 0 bridgehead atoms. The quantitative estimate of drug-likeness (QED) is 0.901. The summed E-state index contributed by atoms with van der Waals surface area (Å²) in [4.78, 5) is 36.1. The number of carbonyl (C=O) groups excluding carboxylic acids is 2. The molecule has 3 aliphatic rings. The number of hydrogen-bond acceptors (Lipinski definition) is 5. The second-order valence-electron chi connectivity index (χ2n) is 6.78. The number of nitrogens with zero attached hydrogens (tertiary/aromatic N) is 3. The lowest BCUT2D eigenvalue weighted by Crippen LogP contribution is -2.44. The molecule has 3 heterocycles. The predicted molar refractivity (Wildman–Crippen MR) is 86.4 cm³/mol. The Bertz CT molecular complexity index is 686. The van der Waals surface area contributed by atoms with E-state index in [-0.39, 0.29) is 17.9 Å². The predicted octanol–water partition coefficient (Wildman–Crippen LogP) is 1.11. The zero-order valence-electron chi connectivity index (χ0n) is 13.4. The first-order valence-corrected chi connectivity index (χ1v) is 8.41. The molecule has 1 spiro atoms. The van der Waals surface area contributed by atoms with Crippen LogP contribution in [0.1, 0.15) is 42.6 Å². The van der Waals surface area contributed by atoms with Gasteiger partial charge in [0.05, 0.1) is 6.54 Å². The molecule has 0 radical (unpaired) electrons. The number of likely N-dealkylation sites (tertiary alicyclic amines) is 1. The number of amides is 2. The maximum absolute atomic E-state index is 12.5. The molecule has 0 aromatic carbocycles. The van der Waals surface area contributed by atoms with Crippen molar-refractivity contribution < 1.29 is 14.4 Å². The van der Waals surface area contributed by atoms with Crippen LogP contribution in [0.5, 0.6) is 0 Å². The first kappa shape index (κ1) is 15.1. The monoisotopic (exact) mass is 328 g/mol. The van der Waals surface area contributed by atoms with Crippen molar-refractivity contribution in [2.45, 2.75) is 43.7 Å². The Kier molecular flexibility index (Phi) is 3.70. The molecule has 126 valence electrons. The SMILES string of the molecule is O=C(NC1CCC1)C1=NO[C@]2(CCN(C(=O)c3ccccn3)C2)C1. The van der Waals surface area contributed by atoms with Crippen LogP contribution in [0.25, 0.3) is 0 Å². The Hall–Kier alpha value is -2.44. The van der Waals surface area contributed by atoms with Crippen molar-refractivity contribution in [1.29, 1.82) is 0 Å². The van der Waals surface area contributed by atoms with Crippen LogP contribution in [0.15, 0.2) is 29.6 Å². The summed E-state index contributed by atoms with van der Waals surface area (Å²) in [6.45, 7) is 1.02. The van der Waals surface area contributed by atoms with E-state index < -0.39 is 5.60 Å². The highest BCUT2D eigenvalue weighted by molar-refractivity contribution is 6.39. The molecular weight excluding hydrogens is 308 g/mol. The van der Waals surface area contributed by atoms with Crippen molar-refractivity contribution in [3.8, 4) is 0 Å². The highest BCUT2D eigenvalue weighted by Gasteiger charge is 2.48. The Morgan fingerprint density at radius 3 is 2.92 bits per heavy atom. The van der Waals surface area contributed by atoms with Crippen molar-refractivity contribution in [2.24, 2.45) is 5.16 Å². The lowest BCUT2D eigenvalue weighted by Gasteiger charge is -2.26. The Labute approximate surface area is 140 Å². The van der Waals surface area contributed by atoms with Crippen LogP contribution in [0, 0.1) is 0 Å². The van der Waals surface area contributed by atoms with E-state index in [0.29, 0.717) is 37.3 Å². The summed E-state index contributed by atoms with van der Waals surface area (Å²) in [5, 5.41) is 6.98. The first-order chi connectivity index (χ1) is 11.7. The van der Waals surface area contributed by atoms with Crippen LogP contribution in [0.2, 0.25) is 0 Å². The average Bonchev–Trinajstić information content (AvgIpc) is 3.18. The van der Waals surface area contributed by atoms with Gasteiger partial charge in [-0.3, -0.25) is 14.6 Å².